The summed E-state index contributed by atoms with van der Waals surface area (Å²) in [4.78, 5) is 0. The van der Waals surface area contributed by atoms with Gasteiger partial charge >= 0.3 is 29.6 Å². The molecule has 2 nitrogen and oxygen atoms in total. The molecule has 0 amide bonds. The number of rotatable bonds is 0. The van der Waals surface area contributed by atoms with E-state index in [2.05, 4.69) is 13.1 Å². The van der Waals surface area contributed by atoms with Crippen LogP contribution in [0.5, 0.6) is 0 Å². The third-order valence-corrected chi connectivity index (χ3v) is 0. The fourth-order valence-corrected chi connectivity index (χ4v) is 0. The molecule has 0 aliphatic rings. The van der Waals surface area contributed by atoms with E-state index in [9.17, 15) is 0 Å². The second-order valence-electron chi connectivity index (χ2n) is 0. The molecule has 0 saturated heterocycles. The van der Waals surface area contributed by atoms with E-state index < -0.39 is 0 Å². The van der Waals surface area contributed by atoms with E-state index in [1.807, 2.05) is 0 Å². The van der Waals surface area contributed by atoms with Crippen LogP contribution in [0.25, 0.3) is 0 Å². The van der Waals surface area contributed by atoms with Crippen LogP contribution in [0.15, 0.2) is 0 Å². The molecule has 0 saturated carbocycles. The maximum atomic E-state index is 6.50. The van der Waals surface area contributed by atoms with Crippen molar-refractivity contribution in [2.24, 2.45) is 0 Å². The maximum absolute atomic E-state index is 6.50. The van der Waals surface area contributed by atoms with Crippen molar-refractivity contribution in [3.05, 3.63) is 0 Å². The zero-order valence-electron chi connectivity index (χ0n) is 2.05. The molecule has 6 heavy (non-hydrogen) atoms. The Kier molecular flexibility index (Phi) is 251000. The molecule has 0 aliphatic heterocycles. The molecule has 0 unspecified atom stereocenters. The Balaban J connectivity index is -0.00000000500. The average molecular weight is 91.9 g/mol. The fraction of sp³-hybridized carbons (Fsp3) is 0. The number of hydrogen-bond acceptors (Lipinski definition) is 2. The summed E-state index contributed by atoms with van der Waals surface area (Å²) in [6.07, 6.45) is 0. The average Bonchev–Trinajstić information content (AvgIpc) is 1.50. The van der Waals surface area contributed by atoms with Crippen molar-refractivity contribution < 1.29 is 0 Å². The number of hydrogen-bond donors (Lipinski definition) is 0. The molecule has 0 aliphatic carbocycles. The standard InChI is InChI=1S/2CHN.BH3.Na.H/c2*1-2;;;/h2*1H;1H3;;. The third-order valence-electron chi connectivity index (χ3n) is 0. The van der Waals surface area contributed by atoms with E-state index in [0.29, 0.717) is 0 Å². The molecule has 0 aromatic rings. The van der Waals surface area contributed by atoms with E-state index in [-0.39, 0.29) is 38.0 Å². The van der Waals surface area contributed by atoms with Gasteiger partial charge in [-0.2, -0.15) is 0 Å². The second-order valence-corrected chi connectivity index (χ2v) is 0. The molecular weight excluding hydrogens is 85.8 g/mol. The first kappa shape index (κ1) is 36.8. The molecule has 0 aromatic carbocycles. The van der Waals surface area contributed by atoms with Crippen LogP contribution < -0.4 is 0 Å². The van der Waals surface area contributed by atoms with Gasteiger partial charge in [0, 0.05) is 13.1 Å². The van der Waals surface area contributed by atoms with Crippen molar-refractivity contribution >= 4 is 38.0 Å². The molecule has 0 bridgehead atoms. The molecule has 4 heteroatoms. The van der Waals surface area contributed by atoms with Crippen LogP contribution in [0.4, 0.5) is 0 Å². The fourth-order valence-electron chi connectivity index (χ4n) is 0. The topological polar surface area (TPSA) is 47.6 Å². The summed E-state index contributed by atoms with van der Waals surface area (Å²) in [7, 11) is 0. The van der Waals surface area contributed by atoms with E-state index in [4.69, 9.17) is 10.5 Å². The zero-order chi connectivity index (χ0) is 4.00. The summed E-state index contributed by atoms with van der Waals surface area (Å²) in [5.74, 6) is 0. The van der Waals surface area contributed by atoms with Crippen LogP contribution in [0.2, 0.25) is 0 Å². The molecule has 0 radical (unpaired) electrons. The Labute approximate surface area is 61.6 Å². The first-order chi connectivity index (χ1) is 2.00. The quantitative estimate of drug-likeness (QED) is 0.339. The third kappa shape index (κ3) is 18600. The SMILES string of the molecule is B.C#N.C#N.[NaH]. The second kappa shape index (κ2) is 40900. The van der Waals surface area contributed by atoms with Gasteiger partial charge in [-0.15, -0.1) is 0 Å². The number of nitriles is 2. The van der Waals surface area contributed by atoms with E-state index >= 15 is 0 Å². The molecule has 0 heterocycles. The van der Waals surface area contributed by atoms with Crippen molar-refractivity contribution in [1.82, 2.24) is 0 Å². The minimum absolute atomic E-state index is 0. The molecule has 0 atom stereocenters. The monoisotopic (exact) mass is 92.1 g/mol. The summed E-state index contributed by atoms with van der Waals surface area (Å²) in [6.45, 7) is 7.00. The number of nitrogens with zero attached hydrogens (tertiary/aromatic N) is 2. The van der Waals surface area contributed by atoms with Gasteiger partial charge in [0.05, 0.1) is 8.41 Å². The summed E-state index contributed by atoms with van der Waals surface area (Å²) >= 11 is 0. The van der Waals surface area contributed by atoms with Gasteiger partial charge in [0.1, 0.15) is 0 Å². The molecule has 0 N–H and O–H groups in total. The van der Waals surface area contributed by atoms with E-state index in [0.717, 1.165) is 0 Å². The summed E-state index contributed by atoms with van der Waals surface area (Å²) in [6, 6.07) is 0. The van der Waals surface area contributed by atoms with Crippen molar-refractivity contribution in [3.8, 4) is 13.1 Å². The Morgan fingerprint density at radius 3 is 0.833 bits per heavy atom. The van der Waals surface area contributed by atoms with Crippen LogP contribution in [0, 0.1) is 23.7 Å². The molecule has 0 rings (SSSR count). The van der Waals surface area contributed by atoms with Crippen LogP contribution in [0.3, 0.4) is 0 Å². The van der Waals surface area contributed by atoms with Gasteiger partial charge in [0.25, 0.3) is 0 Å². The predicted octanol–water partition coefficient (Wildman–Crippen LogP) is -1.55. The molecule has 28 valence electrons. The van der Waals surface area contributed by atoms with Crippen LogP contribution in [-0.2, 0) is 0 Å². The molecule has 0 aromatic heterocycles. The van der Waals surface area contributed by atoms with Gasteiger partial charge in [-0.05, 0) is 0 Å². The molecule has 0 fully saturated rings. The van der Waals surface area contributed by atoms with Gasteiger partial charge in [0.15, 0.2) is 0 Å². The van der Waals surface area contributed by atoms with Gasteiger partial charge in [-0.25, -0.2) is 10.5 Å². The van der Waals surface area contributed by atoms with Gasteiger partial charge in [-0.3, -0.25) is 0 Å². The minimum atomic E-state index is 0. The Morgan fingerprint density at radius 1 is 0.833 bits per heavy atom. The van der Waals surface area contributed by atoms with E-state index in [1.165, 1.54) is 0 Å². The predicted molar refractivity (Wildman–Crippen MR) is 30.4 cm³/mol. The Hall–Kier alpha value is 0.0449. The van der Waals surface area contributed by atoms with Crippen LogP contribution in [0.1, 0.15) is 0 Å². The summed E-state index contributed by atoms with van der Waals surface area (Å²) in [5, 5.41) is 13.0. The first-order valence-corrected chi connectivity index (χ1v) is 0.516. The summed E-state index contributed by atoms with van der Waals surface area (Å²) in [5.41, 5.74) is 0. The molecular formula is C2H6BN2Na. The van der Waals surface area contributed by atoms with Gasteiger partial charge in [0.2, 0.25) is 0 Å². The van der Waals surface area contributed by atoms with Gasteiger partial charge in [-0.1, -0.05) is 0 Å². The van der Waals surface area contributed by atoms with Crippen molar-refractivity contribution in [2.45, 2.75) is 0 Å². The van der Waals surface area contributed by atoms with Crippen LogP contribution >= 0.6 is 0 Å². The Morgan fingerprint density at radius 2 is 0.833 bits per heavy atom. The zero-order valence-corrected chi connectivity index (χ0v) is 2.05. The van der Waals surface area contributed by atoms with Crippen molar-refractivity contribution in [1.29, 1.82) is 10.5 Å². The van der Waals surface area contributed by atoms with E-state index in [1.54, 1.807) is 0 Å². The normalized spacial score (nSPS) is 0.667. The van der Waals surface area contributed by atoms with Crippen molar-refractivity contribution in [3.63, 3.8) is 0 Å². The van der Waals surface area contributed by atoms with Gasteiger partial charge < -0.3 is 0 Å². The molecule has 0 spiro atoms. The Bertz CT molecular complexity index is 27.0. The van der Waals surface area contributed by atoms with Crippen LogP contribution in [-0.4, -0.2) is 38.0 Å². The van der Waals surface area contributed by atoms with Crippen molar-refractivity contribution in [2.75, 3.05) is 0 Å². The summed E-state index contributed by atoms with van der Waals surface area (Å²) < 4.78 is 0. The first-order valence-electron chi connectivity index (χ1n) is 0.516.